The minimum absolute atomic E-state index is 0.135. The van der Waals surface area contributed by atoms with E-state index in [1.165, 1.54) is 0 Å². The highest BCUT2D eigenvalue weighted by atomic mass is 35.5. The van der Waals surface area contributed by atoms with Crippen molar-refractivity contribution in [2.45, 2.75) is 6.61 Å². The Labute approximate surface area is 88.7 Å². The van der Waals surface area contributed by atoms with Gasteiger partial charge < -0.3 is 0 Å². The summed E-state index contributed by atoms with van der Waals surface area (Å²) in [5.41, 5.74) is -0.466. The lowest BCUT2D eigenvalue weighted by Crippen LogP contribution is -1.95. The number of nitro groups is 2. The van der Waals surface area contributed by atoms with Crippen molar-refractivity contribution in [3.63, 3.8) is 0 Å². The van der Waals surface area contributed by atoms with Crippen molar-refractivity contribution in [2.24, 2.45) is 0 Å². The molecule has 0 heterocycles. The number of hydrogen-bond donors (Lipinski definition) is 0. The van der Waals surface area contributed by atoms with Crippen LogP contribution in [0.4, 0.5) is 11.4 Å². The SMILES string of the molecule is O=[N+]([O-])c1cc(COCl)cc([N+](=O)[O-])c1. The Hall–Kier alpha value is -1.73. The molecule has 0 N–H and O–H groups in total. The Balaban J connectivity index is 3.19. The average molecular weight is 233 g/mol. The van der Waals surface area contributed by atoms with Crippen LogP contribution in [-0.2, 0) is 10.9 Å². The van der Waals surface area contributed by atoms with Crippen LogP contribution in [0.25, 0.3) is 0 Å². The third kappa shape index (κ3) is 2.86. The van der Waals surface area contributed by atoms with E-state index in [1.807, 2.05) is 0 Å². The number of rotatable bonds is 4. The molecule has 0 unspecified atom stereocenters. The summed E-state index contributed by atoms with van der Waals surface area (Å²) < 4.78 is 4.22. The van der Waals surface area contributed by atoms with Crippen molar-refractivity contribution in [1.29, 1.82) is 0 Å². The maximum Gasteiger partial charge on any atom is 0.276 e. The van der Waals surface area contributed by atoms with E-state index in [0.29, 0.717) is 0 Å². The molecule has 15 heavy (non-hydrogen) atoms. The number of halogens is 1. The molecule has 0 aromatic heterocycles. The van der Waals surface area contributed by atoms with E-state index in [1.54, 1.807) is 0 Å². The Morgan fingerprint density at radius 3 is 1.93 bits per heavy atom. The van der Waals surface area contributed by atoms with Crippen molar-refractivity contribution in [2.75, 3.05) is 0 Å². The first-order valence-electron chi connectivity index (χ1n) is 3.71. The lowest BCUT2D eigenvalue weighted by atomic mass is 10.2. The molecule has 0 fully saturated rings. The predicted molar refractivity (Wildman–Crippen MR) is 50.4 cm³/mol. The van der Waals surface area contributed by atoms with Crippen LogP contribution in [0.2, 0.25) is 0 Å². The minimum atomic E-state index is -0.718. The van der Waals surface area contributed by atoms with Gasteiger partial charge in [0.05, 0.1) is 34.4 Å². The molecule has 0 atom stereocenters. The van der Waals surface area contributed by atoms with Crippen LogP contribution in [0.5, 0.6) is 0 Å². The molecule has 0 bridgehead atoms. The van der Waals surface area contributed by atoms with Crippen molar-refractivity contribution in [3.8, 4) is 0 Å². The van der Waals surface area contributed by atoms with Crippen LogP contribution < -0.4 is 0 Å². The topological polar surface area (TPSA) is 95.5 Å². The molecular formula is C7H5ClN2O5. The molecule has 1 rings (SSSR count). The average Bonchev–Trinajstić information content (AvgIpc) is 2.17. The van der Waals surface area contributed by atoms with Crippen LogP contribution in [0.3, 0.4) is 0 Å². The van der Waals surface area contributed by atoms with Crippen LogP contribution >= 0.6 is 11.9 Å². The molecule has 0 aliphatic carbocycles. The van der Waals surface area contributed by atoms with Crippen molar-refractivity contribution >= 4 is 23.2 Å². The highest BCUT2D eigenvalue weighted by molar-refractivity contribution is 6.07. The summed E-state index contributed by atoms with van der Waals surface area (Å²) in [6.45, 7) is -0.135. The molecule has 0 aliphatic heterocycles. The first-order valence-corrected chi connectivity index (χ1v) is 4.01. The fourth-order valence-electron chi connectivity index (χ4n) is 1.01. The Kier molecular flexibility index (Phi) is 3.53. The molecule has 0 amide bonds. The van der Waals surface area contributed by atoms with Gasteiger partial charge in [0.2, 0.25) is 0 Å². The zero-order chi connectivity index (χ0) is 11.4. The van der Waals surface area contributed by atoms with Gasteiger partial charge in [0.15, 0.2) is 0 Å². The van der Waals surface area contributed by atoms with E-state index in [-0.39, 0.29) is 23.5 Å². The van der Waals surface area contributed by atoms with Gasteiger partial charge in [-0.25, -0.2) is 0 Å². The van der Waals surface area contributed by atoms with Crippen molar-refractivity contribution in [1.82, 2.24) is 0 Å². The molecule has 7 nitrogen and oxygen atoms in total. The van der Waals surface area contributed by atoms with Gasteiger partial charge in [-0.3, -0.25) is 24.5 Å². The molecular weight excluding hydrogens is 228 g/mol. The first kappa shape index (κ1) is 11.3. The predicted octanol–water partition coefficient (Wildman–Crippen LogP) is 2.17. The molecule has 8 heteroatoms. The van der Waals surface area contributed by atoms with Crippen LogP contribution in [-0.4, -0.2) is 9.85 Å². The molecule has 0 radical (unpaired) electrons. The van der Waals surface area contributed by atoms with Gasteiger partial charge in [0, 0.05) is 12.1 Å². The quantitative estimate of drug-likeness (QED) is 0.585. The summed E-state index contributed by atoms with van der Waals surface area (Å²) >= 11 is 4.96. The van der Waals surface area contributed by atoms with Gasteiger partial charge in [0.1, 0.15) is 0 Å². The normalized spacial score (nSPS) is 9.93. The molecule has 80 valence electrons. The van der Waals surface area contributed by atoms with Gasteiger partial charge >= 0.3 is 0 Å². The summed E-state index contributed by atoms with van der Waals surface area (Å²) in [7, 11) is 0. The second kappa shape index (κ2) is 4.67. The zero-order valence-corrected chi connectivity index (χ0v) is 8.01. The molecule has 1 aromatic rings. The van der Waals surface area contributed by atoms with Crippen molar-refractivity contribution in [3.05, 3.63) is 44.0 Å². The van der Waals surface area contributed by atoms with E-state index in [2.05, 4.69) is 4.29 Å². The Morgan fingerprint density at radius 1 is 1.13 bits per heavy atom. The fraction of sp³-hybridized carbons (Fsp3) is 0.143. The summed E-state index contributed by atoms with van der Waals surface area (Å²) in [5, 5.41) is 20.9. The van der Waals surface area contributed by atoms with E-state index in [4.69, 9.17) is 11.9 Å². The van der Waals surface area contributed by atoms with E-state index >= 15 is 0 Å². The highest BCUT2D eigenvalue weighted by Crippen LogP contribution is 2.23. The van der Waals surface area contributed by atoms with Crippen LogP contribution in [0.15, 0.2) is 18.2 Å². The summed E-state index contributed by atoms with van der Waals surface area (Å²) in [5.74, 6) is 0. The smallest absolute Gasteiger partial charge is 0.274 e. The minimum Gasteiger partial charge on any atom is -0.274 e. The largest absolute Gasteiger partial charge is 0.276 e. The Bertz CT molecular complexity index is 376. The fourth-order valence-corrected chi connectivity index (χ4v) is 1.14. The molecule has 0 saturated carbocycles. The van der Waals surface area contributed by atoms with E-state index < -0.39 is 9.85 Å². The number of nitrogens with zero attached hydrogens (tertiary/aromatic N) is 2. The molecule has 0 spiro atoms. The molecule has 0 saturated heterocycles. The van der Waals surface area contributed by atoms with Gasteiger partial charge in [-0.1, -0.05) is 0 Å². The standard InChI is InChI=1S/C7H5ClN2O5/c8-15-4-5-1-6(9(11)12)3-7(2-5)10(13)14/h1-3H,4H2. The third-order valence-corrected chi connectivity index (χ3v) is 1.71. The van der Waals surface area contributed by atoms with Gasteiger partial charge in [-0.2, -0.15) is 0 Å². The van der Waals surface area contributed by atoms with Crippen molar-refractivity contribution < 1.29 is 14.1 Å². The molecule has 1 aromatic carbocycles. The van der Waals surface area contributed by atoms with Gasteiger partial charge in [0.25, 0.3) is 11.4 Å². The van der Waals surface area contributed by atoms with E-state index in [0.717, 1.165) is 18.2 Å². The number of benzene rings is 1. The maximum atomic E-state index is 10.4. The zero-order valence-electron chi connectivity index (χ0n) is 7.25. The van der Waals surface area contributed by atoms with Crippen LogP contribution in [0, 0.1) is 20.2 Å². The third-order valence-electron chi connectivity index (χ3n) is 1.61. The second-order valence-electron chi connectivity index (χ2n) is 2.63. The number of hydrogen-bond acceptors (Lipinski definition) is 5. The lowest BCUT2D eigenvalue weighted by molar-refractivity contribution is -0.394. The lowest BCUT2D eigenvalue weighted by Gasteiger charge is -1.98. The molecule has 0 aliphatic rings. The van der Waals surface area contributed by atoms with E-state index in [9.17, 15) is 20.2 Å². The van der Waals surface area contributed by atoms with Crippen LogP contribution in [0.1, 0.15) is 5.56 Å². The number of non-ortho nitro benzene ring substituents is 2. The number of nitro benzene ring substituents is 2. The first-order chi connectivity index (χ1) is 7.04. The Morgan fingerprint density at radius 2 is 1.60 bits per heavy atom. The van der Waals surface area contributed by atoms with Gasteiger partial charge in [-0.15, -0.1) is 0 Å². The monoisotopic (exact) mass is 232 g/mol. The second-order valence-corrected chi connectivity index (χ2v) is 2.84. The summed E-state index contributed by atoms with van der Waals surface area (Å²) in [6, 6.07) is 3.20. The maximum absolute atomic E-state index is 10.4. The summed E-state index contributed by atoms with van der Waals surface area (Å²) in [4.78, 5) is 19.4. The van der Waals surface area contributed by atoms with Gasteiger partial charge in [-0.05, 0) is 5.56 Å². The highest BCUT2D eigenvalue weighted by Gasteiger charge is 2.16. The summed E-state index contributed by atoms with van der Waals surface area (Å²) in [6.07, 6.45) is 0.